The Hall–Kier alpha value is -1.13. The summed E-state index contributed by atoms with van der Waals surface area (Å²) in [5, 5.41) is 9.84. The van der Waals surface area contributed by atoms with Crippen LogP contribution in [-0.2, 0) is 10.3 Å². The number of hydrogen-bond acceptors (Lipinski definition) is 3. The Labute approximate surface area is 81.1 Å². The highest BCUT2D eigenvalue weighted by molar-refractivity contribution is 5.33. The Kier molecular flexibility index (Phi) is 2.17. The second-order valence-electron chi connectivity index (χ2n) is 3.37. The van der Waals surface area contributed by atoms with E-state index in [0.717, 1.165) is 0 Å². The van der Waals surface area contributed by atoms with Crippen molar-refractivity contribution in [3.63, 3.8) is 0 Å². The van der Waals surface area contributed by atoms with Gasteiger partial charge in [0.05, 0.1) is 20.3 Å². The Morgan fingerprint density at radius 1 is 1.50 bits per heavy atom. The van der Waals surface area contributed by atoms with Crippen LogP contribution in [0.4, 0.5) is 4.39 Å². The molecule has 0 aliphatic carbocycles. The first kappa shape index (κ1) is 9.43. The van der Waals surface area contributed by atoms with Crippen LogP contribution >= 0.6 is 0 Å². The summed E-state index contributed by atoms with van der Waals surface area (Å²) >= 11 is 0. The molecule has 2 rings (SSSR count). The molecule has 1 aliphatic rings. The topological polar surface area (TPSA) is 38.7 Å². The highest BCUT2D eigenvalue weighted by Crippen LogP contribution is 2.31. The molecule has 0 unspecified atom stereocenters. The van der Waals surface area contributed by atoms with Gasteiger partial charge in [-0.25, -0.2) is 4.39 Å². The average molecular weight is 198 g/mol. The van der Waals surface area contributed by atoms with Gasteiger partial charge in [0.1, 0.15) is 5.60 Å². The van der Waals surface area contributed by atoms with Gasteiger partial charge in [-0.05, 0) is 17.7 Å². The summed E-state index contributed by atoms with van der Waals surface area (Å²) in [5.41, 5.74) is -0.491. The summed E-state index contributed by atoms with van der Waals surface area (Å²) in [5.74, 6) is -0.289. The molecule has 0 atom stereocenters. The lowest BCUT2D eigenvalue weighted by Crippen LogP contribution is -2.46. The zero-order valence-electron chi connectivity index (χ0n) is 7.79. The van der Waals surface area contributed by atoms with Crippen molar-refractivity contribution in [1.82, 2.24) is 0 Å². The number of halogens is 1. The SMILES string of the molecule is COc1ccc(C2(O)COC2)cc1F. The summed E-state index contributed by atoms with van der Waals surface area (Å²) in [4.78, 5) is 0. The van der Waals surface area contributed by atoms with E-state index >= 15 is 0 Å². The summed E-state index contributed by atoms with van der Waals surface area (Å²) < 4.78 is 22.9. The fourth-order valence-corrected chi connectivity index (χ4v) is 1.42. The molecule has 1 N–H and O–H groups in total. The van der Waals surface area contributed by atoms with Gasteiger partial charge < -0.3 is 14.6 Å². The maximum absolute atomic E-state index is 13.3. The molecule has 1 aliphatic heterocycles. The second-order valence-corrected chi connectivity index (χ2v) is 3.37. The molecule has 0 aromatic heterocycles. The van der Waals surface area contributed by atoms with Crippen LogP contribution in [0.25, 0.3) is 0 Å². The highest BCUT2D eigenvalue weighted by Gasteiger charge is 2.38. The first-order valence-electron chi connectivity index (χ1n) is 4.30. The van der Waals surface area contributed by atoms with Gasteiger partial charge in [0.15, 0.2) is 11.6 Å². The molecule has 0 bridgehead atoms. The third-order valence-corrected chi connectivity index (χ3v) is 2.37. The van der Waals surface area contributed by atoms with Crippen molar-refractivity contribution in [1.29, 1.82) is 0 Å². The van der Waals surface area contributed by atoms with Crippen LogP contribution in [-0.4, -0.2) is 25.4 Å². The molecule has 1 aromatic rings. The molecule has 0 amide bonds. The monoisotopic (exact) mass is 198 g/mol. The number of rotatable bonds is 2. The molecule has 1 aromatic carbocycles. The van der Waals surface area contributed by atoms with E-state index < -0.39 is 11.4 Å². The van der Waals surface area contributed by atoms with Crippen molar-refractivity contribution < 1.29 is 19.0 Å². The van der Waals surface area contributed by atoms with Crippen LogP contribution in [0, 0.1) is 5.82 Å². The first-order chi connectivity index (χ1) is 6.65. The number of methoxy groups -OCH3 is 1. The van der Waals surface area contributed by atoms with Gasteiger partial charge in [-0.15, -0.1) is 0 Å². The first-order valence-corrected chi connectivity index (χ1v) is 4.30. The molecule has 76 valence electrons. The Balaban J connectivity index is 2.32. The van der Waals surface area contributed by atoms with Crippen LogP contribution in [0.5, 0.6) is 5.75 Å². The predicted octanol–water partition coefficient (Wildman–Crippen LogP) is 1.05. The molecule has 14 heavy (non-hydrogen) atoms. The van der Waals surface area contributed by atoms with Gasteiger partial charge in [-0.3, -0.25) is 0 Å². The van der Waals surface area contributed by atoms with Gasteiger partial charge in [0.2, 0.25) is 0 Å². The summed E-state index contributed by atoms with van der Waals surface area (Å²) in [6.07, 6.45) is 0. The van der Waals surface area contributed by atoms with Crippen molar-refractivity contribution >= 4 is 0 Å². The van der Waals surface area contributed by atoms with Crippen molar-refractivity contribution in [2.75, 3.05) is 20.3 Å². The largest absolute Gasteiger partial charge is 0.494 e. The fourth-order valence-electron chi connectivity index (χ4n) is 1.42. The van der Waals surface area contributed by atoms with E-state index in [4.69, 9.17) is 9.47 Å². The highest BCUT2D eigenvalue weighted by atomic mass is 19.1. The Bertz CT molecular complexity index is 347. The minimum atomic E-state index is -1.02. The van der Waals surface area contributed by atoms with E-state index in [2.05, 4.69) is 0 Å². The van der Waals surface area contributed by atoms with Crippen LogP contribution in [0.1, 0.15) is 5.56 Å². The molecule has 3 nitrogen and oxygen atoms in total. The fraction of sp³-hybridized carbons (Fsp3) is 0.400. The maximum Gasteiger partial charge on any atom is 0.165 e. The van der Waals surface area contributed by atoms with Gasteiger partial charge in [-0.1, -0.05) is 6.07 Å². The molecule has 1 saturated heterocycles. The minimum absolute atomic E-state index is 0.178. The minimum Gasteiger partial charge on any atom is -0.494 e. The average Bonchev–Trinajstić information content (AvgIpc) is 2.14. The van der Waals surface area contributed by atoms with Gasteiger partial charge in [0, 0.05) is 0 Å². The number of aliphatic hydroxyl groups is 1. The lowest BCUT2D eigenvalue weighted by Gasteiger charge is -2.36. The summed E-state index contributed by atoms with van der Waals surface area (Å²) in [6.45, 7) is 0.442. The van der Waals surface area contributed by atoms with E-state index in [0.29, 0.717) is 5.56 Å². The standard InChI is InChI=1S/C10H11FO3/c1-13-9-3-2-7(4-8(9)11)10(12)5-14-6-10/h2-4,12H,5-6H2,1H3. The van der Waals surface area contributed by atoms with Crippen molar-refractivity contribution in [3.8, 4) is 5.75 Å². The van der Waals surface area contributed by atoms with E-state index in [1.807, 2.05) is 0 Å². The molecule has 0 radical (unpaired) electrons. The van der Waals surface area contributed by atoms with E-state index in [9.17, 15) is 9.50 Å². The second kappa shape index (κ2) is 3.22. The Morgan fingerprint density at radius 3 is 2.64 bits per heavy atom. The van der Waals surface area contributed by atoms with Gasteiger partial charge in [-0.2, -0.15) is 0 Å². The van der Waals surface area contributed by atoms with Crippen molar-refractivity contribution in [3.05, 3.63) is 29.6 Å². The predicted molar refractivity (Wildman–Crippen MR) is 47.7 cm³/mol. The molecule has 0 saturated carbocycles. The molecular formula is C10H11FO3. The number of benzene rings is 1. The molecule has 1 heterocycles. The van der Waals surface area contributed by atoms with E-state index in [1.165, 1.54) is 19.2 Å². The molecule has 1 fully saturated rings. The smallest absolute Gasteiger partial charge is 0.165 e. The summed E-state index contributed by atoms with van der Waals surface area (Å²) in [7, 11) is 1.40. The molecule has 0 spiro atoms. The third-order valence-electron chi connectivity index (χ3n) is 2.37. The lowest BCUT2D eigenvalue weighted by molar-refractivity contribution is -0.184. The molecular weight excluding hydrogens is 187 g/mol. The number of ether oxygens (including phenoxy) is 2. The van der Waals surface area contributed by atoms with Crippen LogP contribution in [0.15, 0.2) is 18.2 Å². The van der Waals surface area contributed by atoms with Crippen molar-refractivity contribution in [2.24, 2.45) is 0 Å². The normalized spacial score (nSPS) is 18.8. The number of hydrogen-bond donors (Lipinski definition) is 1. The van der Waals surface area contributed by atoms with Gasteiger partial charge >= 0.3 is 0 Å². The summed E-state index contributed by atoms with van der Waals surface area (Å²) in [6, 6.07) is 4.42. The third kappa shape index (κ3) is 1.36. The lowest BCUT2D eigenvalue weighted by atomic mass is 9.92. The quantitative estimate of drug-likeness (QED) is 0.772. The van der Waals surface area contributed by atoms with Gasteiger partial charge in [0.25, 0.3) is 0 Å². The maximum atomic E-state index is 13.3. The zero-order valence-corrected chi connectivity index (χ0v) is 7.79. The zero-order chi connectivity index (χ0) is 10.2. The molecule has 4 heteroatoms. The van der Waals surface area contributed by atoms with Crippen LogP contribution < -0.4 is 4.74 Å². The van der Waals surface area contributed by atoms with E-state index in [1.54, 1.807) is 6.07 Å². The van der Waals surface area contributed by atoms with Crippen LogP contribution in [0.3, 0.4) is 0 Å². The Morgan fingerprint density at radius 2 is 2.21 bits per heavy atom. The van der Waals surface area contributed by atoms with Crippen LogP contribution in [0.2, 0.25) is 0 Å². The van der Waals surface area contributed by atoms with Crippen molar-refractivity contribution in [2.45, 2.75) is 5.60 Å². The van der Waals surface area contributed by atoms with E-state index in [-0.39, 0.29) is 19.0 Å².